The highest BCUT2D eigenvalue weighted by Gasteiger charge is 2.50. The van der Waals surface area contributed by atoms with E-state index in [2.05, 4.69) is 11.4 Å². The Bertz CT molecular complexity index is 737. The summed E-state index contributed by atoms with van der Waals surface area (Å²) in [5.41, 5.74) is 2.92. The number of hydrogen-bond acceptors (Lipinski definition) is 3. The summed E-state index contributed by atoms with van der Waals surface area (Å²) in [4.78, 5) is 27.1. The number of carbonyl (C=O) groups excluding carboxylic acids is 2. The molecule has 140 valence electrons. The zero-order valence-electron chi connectivity index (χ0n) is 15.9. The molecule has 26 heavy (non-hydrogen) atoms. The Labute approximate surface area is 155 Å². The number of nitrogens with zero attached hydrogens (tertiary/aromatic N) is 1. The van der Waals surface area contributed by atoms with E-state index in [9.17, 15) is 9.59 Å². The van der Waals surface area contributed by atoms with E-state index in [1.807, 2.05) is 37.8 Å². The first-order valence-electron chi connectivity index (χ1n) is 9.76. The molecule has 5 heteroatoms. The van der Waals surface area contributed by atoms with Crippen LogP contribution in [-0.4, -0.2) is 40.6 Å². The van der Waals surface area contributed by atoms with Crippen molar-refractivity contribution in [2.45, 2.75) is 83.0 Å². The number of amides is 2. The molecule has 0 spiro atoms. The molecule has 2 saturated heterocycles. The van der Waals surface area contributed by atoms with E-state index in [1.54, 1.807) is 0 Å². The monoisotopic (exact) mass is 356 g/mol. The molecular formula is C21H28N2O3. The Morgan fingerprint density at radius 3 is 2.69 bits per heavy atom. The second-order valence-corrected chi connectivity index (χ2v) is 8.84. The summed E-state index contributed by atoms with van der Waals surface area (Å²) in [7, 11) is 0. The molecule has 1 aromatic rings. The van der Waals surface area contributed by atoms with Crippen molar-refractivity contribution in [2.75, 3.05) is 0 Å². The van der Waals surface area contributed by atoms with Crippen LogP contribution in [0.3, 0.4) is 0 Å². The third kappa shape index (κ3) is 3.19. The van der Waals surface area contributed by atoms with Gasteiger partial charge in [-0.25, -0.2) is 4.79 Å². The van der Waals surface area contributed by atoms with Crippen LogP contribution < -0.4 is 5.32 Å². The lowest BCUT2D eigenvalue weighted by molar-refractivity contribution is 0.0209. The minimum Gasteiger partial charge on any atom is -0.444 e. The number of benzene rings is 1. The lowest BCUT2D eigenvalue weighted by atomic mass is 9.95. The summed E-state index contributed by atoms with van der Waals surface area (Å²) in [5.74, 6) is -0.0265. The van der Waals surface area contributed by atoms with Crippen LogP contribution >= 0.6 is 0 Å². The highest BCUT2D eigenvalue weighted by molar-refractivity contribution is 5.94. The maximum atomic E-state index is 12.7. The summed E-state index contributed by atoms with van der Waals surface area (Å²) >= 11 is 0. The summed E-state index contributed by atoms with van der Waals surface area (Å²) in [6, 6.07) is 6.30. The Kier molecular flexibility index (Phi) is 4.20. The third-order valence-electron chi connectivity index (χ3n) is 5.82. The van der Waals surface area contributed by atoms with Crippen LogP contribution in [0.4, 0.5) is 4.79 Å². The minimum absolute atomic E-state index is 0.0158. The van der Waals surface area contributed by atoms with E-state index >= 15 is 0 Å². The number of ether oxygens (including phenoxy) is 1. The number of fused-ring (bicyclic) bond motifs is 3. The van der Waals surface area contributed by atoms with Gasteiger partial charge >= 0.3 is 6.09 Å². The Morgan fingerprint density at radius 1 is 1.15 bits per heavy atom. The molecule has 1 N–H and O–H groups in total. The van der Waals surface area contributed by atoms with Gasteiger partial charge in [-0.3, -0.25) is 4.79 Å². The molecule has 2 aliphatic heterocycles. The molecule has 0 radical (unpaired) electrons. The maximum Gasteiger partial charge on any atom is 0.410 e. The lowest BCUT2D eigenvalue weighted by Crippen LogP contribution is -2.46. The van der Waals surface area contributed by atoms with Gasteiger partial charge in [0.1, 0.15) is 5.60 Å². The summed E-state index contributed by atoms with van der Waals surface area (Å²) in [6.45, 7) is 5.65. The fourth-order valence-corrected chi connectivity index (χ4v) is 4.71. The van der Waals surface area contributed by atoms with E-state index < -0.39 is 5.60 Å². The first kappa shape index (κ1) is 17.4. The molecular weight excluding hydrogens is 328 g/mol. The third-order valence-corrected chi connectivity index (χ3v) is 5.82. The smallest absolute Gasteiger partial charge is 0.410 e. The molecule has 2 amide bonds. The molecule has 2 bridgehead atoms. The van der Waals surface area contributed by atoms with Gasteiger partial charge < -0.3 is 15.0 Å². The first-order chi connectivity index (χ1) is 12.3. The number of hydrogen-bond donors (Lipinski definition) is 1. The van der Waals surface area contributed by atoms with E-state index in [-0.39, 0.29) is 30.1 Å². The van der Waals surface area contributed by atoms with Gasteiger partial charge in [0.05, 0.1) is 12.1 Å². The Morgan fingerprint density at radius 2 is 1.92 bits per heavy atom. The highest BCUT2D eigenvalue weighted by atomic mass is 16.6. The highest BCUT2D eigenvalue weighted by Crippen LogP contribution is 2.39. The van der Waals surface area contributed by atoms with E-state index in [1.165, 1.54) is 17.5 Å². The molecule has 2 fully saturated rings. The van der Waals surface area contributed by atoms with Gasteiger partial charge in [-0.05, 0) is 82.6 Å². The van der Waals surface area contributed by atoms with E-state index in [0.29, 0.717) is 0 Å². The van der Waals surface area contributed by atoms with Gasteiger partial charge in [0.15, 0.2) is 0 Å². The SMILES string of the molecule is CC(C)(C)OC(=O)N1[C@@H]2CC[C@H]1[C@H](NC(=O)c1ccc3c(c1)CCC3)C2. The van der Waals surface area contributed by atoms with E-state index in [0.717, 1.165) is 37.7 Å². The zero-order valence-corrected chi connectivity index (χ0v) is 15.9. The average Bonchev–Trinajstić information content (AvgIpc) is 3.26. The molecule has 0 unspecified atom stereocenters. The van der Waals surface area contributed by atoms with E-state index in [4.69, 9.17) is 4.74 Å². The zero-order chi connectivity index (χ0) is 18.5. The Hall–Kier alpha value is -2.04. The van der Waals surface area contributed by atoms with Crippen LogP contribution in [-0.2, 0) is 17.6 Å². The predicted octanol–water partition coefficient (Wildman–Crippen LogP) is 3.45. The van der Waals surface area contributed by atoms with Crippen LogP contribution in [0, 0.1) is 0 Å². The first-order valence-corrected chi connectivity index (χ1v) is 9.76. The van der Waals surface area contributed by atoms with Crippen LogP contribution in [0.5, 0.6) is 0 Å². The summed E-state index contributed by atoms with van der Waals surface area (Å²) < 4.78 is 5.57. The number of carbonyl (C=O) groups is 2. The molecule has 3 atom stereocenters. The predicted molar refractivity (Wildman–Crippen MR) is 99.2 cm³/mol. The van der Waals surface area contributed by atoms with Crippen LogP contribution in [0.25, 0.3) is 0 Å². The van der Waals surface area contributed by atoms with Crippen LogP contribution in [0.15, 0.2) is 18.2 Å². The second kappa shape index (κ2) is 6.29. The quantitative estimate of drug-likeness (QED) is 0.883. The van der Waals surface area contributed by atoms with Crippen LogP contribution in [0.2, 0.25) is 0 Å². The molecule has 2 heterocycles. The van der Waals surface area contributed by atoms with Gasteiger partial charge in [-0.15, -0.1) is 0 Å². The largest absolute Gasteiger partial charge is 0.444 e. The van der Waals surface area contributed by atoms with Crippen molar-refractivity contribution in [3.63, 3.8) is 0 Å². The molecule has 1 aliphatic carbocycles. The Balaban J connectivity index is 1.43. The second-order valence-electron chi connectivity index (χ2n) is 8.84. The summed E-state index contributed by atoms with van der Waals surface area (Å²) in [6.07, 6.45) is 5.86. The summed E-state index contributed by atoms with van der Waals surface area (Å²) in [5, 5.41) is 3.18. The van der Waals surface area contributed by atoms with Crippen LogP contribution in [0.1, 0.15) is 67.9 Å². The molecule has 0 aromatic heterocycles. The van der Waals surface area contributed by atoms with Crippen molar-refractivity contribution >= 4 is 12.0 Å². The topological polar surface area (TPSA) is 58.6 Å². The van der Waals surface area contributed by atoms with Crippen molar-refractivity contribution in [1.82, 2.24) is 10.2 Å². The number of nitrogens with one attached hydrogen (secondary N) is 1. The van der Waals surface area contributed by atoms with Gasteiger partial charge in [0.25, 0.3) is 5.91 Å². The molecule has 3 aliphatic rings. The number of rotatable bonds is 2. The molecule has 0 saturated carbocycles. The lowest BCUT2D eigenvalue weighted by Gasteiger charge is -2.28. The molecule has 4 rings (SSSR count). The van der Waals surface area contributed by atoms with Gasteiger partial charge in [0.2, 0.25) is 0 Å². The standard InChI is InChI=1S/C21H28N2O3/c1-21(2,3)26-20(25)23-16-9-10-18(23)17(12-16)22-19(24)15-8-7-13-5-4-6-14(13)11-15/h7-8,11,16-18H,4-6,9-10,12H2,1-3H3,(H,22,24)/t16-,17-,18+/m1/s1. The van der Waals surface area contributed by atoms with Crippen molar-refractivity contribution in [1.29, 1.82) is 0 Å². The minimum atomic E-state index is -0.498. The van der Waals surface area contributed by atoms with Gasteiger partial charge in [0, 0.05) is 11.6 Å². The fourth-order valence-electron chi connectivity index (χ4n) is 4.71. The molecule has 5 nitrogen and oxygen atoms in total. The van der Waals surface area contributed by atoms with Gasteiger partial charge in [-0.1, -0.05) is 6.07 Å². The fraction of sp³-hybridized carbons (Fsp3) is 0.619. The van der Waals surface area contributed by atoms with Crippen molar-refractivity contribution in [3.8, 4) is 0 Å². The van der Waals surface area contributed by atoms with Gasteiger partial charge in [-0.2, -0.15) is 0 Å². The number of aryl methyl sites for hydroxylation is 2. The normalized spacial score (nSPS) is 26.7. The van der Waals surface area contributed by atoms with Crippen molar-refractivity contribution in [3.05, 3.63) is 34.9 Å². The average molecular weight is 356 g/mol. The van der Waals surface area contributed by atoms with Crippen molar-refractivity contribution < 1.29 is 14.3 Å². The van der Waals surface area contributed by atoms with Crippen molar-refractivity contribution in [2.24, 2.45) is 0 Å². The maximum absolute atomic E-state index is 12.7. The molecule has 1 aromatic carbocycles.